The first-order valence-electron chi connectivity index (χ1n) is 10.1. The van der Waals surface area contributed by atoms with Gasteiger partial charge in [0.05, 0.1) is 6.54 Å². The van der Waals surface area contributed by atoms with Gasteiger partial charge in [-0.1, -0.05) is 13.0 Å². The summed E-state index contributed by atoms with van der Waals surface area (Å²) in [5, 5.41) is 14.9. The van der Waals surface area contributed by atoms with E-state index < -0.39 is 5.97 Å². The topological polar surface area (TPSA) is 98.7 Å². The second-order valence-corrected chi connectivity index (χ2v) is 7.90. The second-order valence-electron chi connectivity index (χ2n) is 7.90. The normalized spacial score (nSPS) is 21.1. The summed E-state index contributed by atoms with van der Waals surface area (Å²) in [6.07, 6.45) is 4.76. The first-order chi connectivity index (χ1) is 13.5. The maximum absolute atomic E-state index is 12.5. The first kappa shape index (κ1) is 20.3. The number of rotatable bonds is 10. The number of aliphatic carboxylic acids is 1. The number of carboxylic acids is 1. The predicted octanol–water partition coefficient (Wildman–Crippen LogP) is 1.88. The van der Waals surface area contributed by atoms with Gasteiger partial charge in [-0.15, -0.1) is 0 Å². The van der Waals surface area contributed by atoms with Gasteiger partial charge in [-0.05, 0) is 56.2 Å². The van der Waals surface area contributed by atoms with E-state index in [1.807, 2.05) is 11.8 Å². The molecule has 28 heavy (non-hydrogen) atoms. The van der Waals surface area contributed by atoms with E-state index in [9.17, 15) is 14.4 Å². The van der Waals surface area contributed by atoms with E-state index in [0.717, 1.165) is 25.8 Å². The van der Waals surface area contributed by atoms with Crippen molar-refractivity contribution in [3.8, 4) is 0 Å². The lowest BCUT2D eigenvalue weighted by molar-refractivity contribution is -0.139. The molecule has 0 radical (unpaired) electrons. The molecule has 2 aliphatic carbocycles. The molecule has 0 heterocycles. The molecule has 1 aromatic rings. The minimum absolute atomic E-state index is 0.0468. The SMILES string of the molecule is CCCNC(=O)c1cccc(C(=O)NC2CC(N(CC(=O)O)CC3CC3)C2)c1. The molecule has 1 aromatic carbocycles. The number of hydrogen-bond donors (Lipinski definition) is 3. The van der Waals surface area contributed by atoms with Gasteiger partial charge in [-0.3, -0.25) is 19.3 Å². The maximum Gasteiger partial charge on any atom is 0.317 e. The van der Waals surface area contributed by atoms with Gasteiger partial charge < -0.3 is 15.7 Å². The molecule has 2 fully saturated rings. The summed E-state index contributed by atoms with van der Waals surface area (Å²) in [5.74, 6) is -0.536. The highest BCUT2D eigenvalue weighted by atomic mass is 16.4. The van der Waals surface area contributed by atoms with E-state index in [-0.39, 0.29) is 30.4 Å². The lowest BCUT2D eigenvalue weighted by Crippen LogP contribution is -2.55. The molecule has 3 N–H and O–H groups in total. The van der Waals surface area contributed by atoms with Crippen molar-refractivity contribution in [2.45, 2.75) is 51.1 Å². The molecule has 0 spiro atoms. The Bertz CT molecular complexity index is 726. The molecule has 7 nitrogen and oxygen atoms in total. The zero-order valence-corrected chi connectivity index (χ0v) is 16.3. The van der Waals surface area contributed by atoms with Crippen LogP contribution in [0.4, 0.5) is 0 Å². The van der Waals surface area contributed by atoms with Crippen molar-refractivity contribution < 1.29 is 19.5 Å². The van der Waals surface area contributed by atoms with Gasteiger partial charge in [-0.25, -0.2) is 0 Å². The minimum atomic E-state index is -0.800. The fraction of sp³-hybridized carbons (Fsp3) is 0.571. The van der Waals surface area contributed by atoms with Gasteiger partial charge in [0.1, 0.15) is 0 Å². The minimum Gasteiger partial charge on any atom is -0.480 e. The Morgan fingerprint density at radius 3 is 2.43 bits per heavy atom. The number of hydrogen-bond acceptors (Lipinski definition) is 4. The zero-order valence-electron chi connectivity index (χ0n) is 16.3. The monoisotopic (exact) mass is 387 g/mol. The Morgan fingerprint density at radius 2 is 1.82 bits per heavy atom. The molecule has 0 bridgehead atoms. The highest BCUT2D eigenvalue weighted by molar-refractivity contribution is 5.99. The standard InChI is InChI=1S/C21H29N3O4/c1-2-8-22-20(27)15-4-3-5-16(9-15)21(28)23-17-10-18(11-17)24(13-19(25)26)12-14-6-7-14/h3-5,9,14,17-18H,2,6-8,10-13H2,1H3,(H,22,27)(H,23,28)(H,25,26). The number of benzene rings is 1. The Balaban J connectivity index is 1.50. The van der Waals surface area contributed by atoms with Crippen LogP contribution in [0.15, 0.2) is 24.3 Å². The van der Waals surface area contributed by atoms with E-state index in [4.69, 9.17) is 5.11 Å². The predicted molar refractivity (Wildman–Crippen MR) is 105 cm³/mol. The third-order valence-electron chi connectivity index (χ3n) is 5.42. The lowest BCUT2D eigenvalue weighted by Gasteiger charge is -2.42. The maximum atomic E-state index is 12.5. The third kappa shape index (κ3) is 5.55. The molecule has 2 saturated carbocycles. The summed E-state index contributed by atoms with van der Waals surface area (Å²) in [5.41, 5.74) is 0.942. The Hall–Kier alpha value is -2.41. The van der Waals surface area contributed by atoms with Crippen LogP contribution >= 0.6 is 0 Å². The van der Waals surface area contributed by atoms with E-state index in [2.05, 4.69) is 10.6 Å². The quantitative estimate of drug-likeness (QED) is 0.569. The fourth-order valence-corrected chi connectivity index (χ4v) is 3.56. The van der Waals surface area contributed by atoms with Gasteiger partial charge in [0.25, 0.3) is 11.8 Å². The zero-order chi connectivity index (χ0) is 20.1. The first-order valence-corrected chi connectivity index (χ1v) is 10.1. The molecular weight excluding hydrogens is 358 g/mol. The molecule has 0 saturated heterocycles. The second kappa shape index (κ2) is 9.19. The smallest absolute Gasteiger partial charge is 0.317 e. The van der Waals surface area contributed by atoms with Crippen LogP contribution in [0.5, 0.6) is 0 Å². The Kier molecular flexibility index (Phi) is 6.67. The molecule has 152 valence electrons. The average Bonchev–Trinajstić information content (AvgIpc) is 3.45. The van der Waals surface area contributed by atoms with Crippen molar-refractivity contribution in [2.75, 3.05) is 19.6 Å². The van der Waals surface area contributed by atoms with Crippen LogP contribution in [0.2, 0.25) is 0 Å². The van der Waals surface area contributed by atoms with Gasteiger partial charge in [0.15, 0.2) is 0 Å². The fourth-order valence-electron chi connectivity index (χ4n) is 3.56. The van der Waals surface area contributed by atoms with Crippen LogP contribution < -0.4 is 10.6 Å². The number of carbonyl (C=O) groups excluding carboxylic acids is 2. The number of amides is 2. The van der Waals surface area contributed by atoms with Gasteiger partial charge in [-0.2, -0.15) is 0 Å². The number of nitrogens with zero attached hydrogens (tertiary/aromatic N) is 1. The van der Waals surface area contributed by atoms with Crippen molar-refractivity contribution in [1.82, 2.24) is 15.5 Å². The summed E-state index contributed by atoms with van der Waals surface area (Å²) < 4.78 is 0. The molecule has 3 rings (SSSR count). The van der Waals surface area contributed by atoms with Crippen molar-refractivity contribution in [2.24, 2.45) is 5.92 Å². The van der Waals surface area contributed by atoms with E-state index in [1.54, 1.807) is 24.3 Å². The Labute approximate surface area is 165 Å². The van der Waals surface area contributed by atoms with Crippen LogP contribution in [0.3, 0.4) is 0 Å². The van der Waals surface area contributed by atoms with Crippen molar-refractivity contribution in [1.29, 1.82) is 0 Å². The summed E-state index contributed by atoms with van der Waals surface area (Å²) in [6.45, 7) is 3.49. The third-order valence-corrected chi connectivity index (χ3v) is 5.42. The summed E-state index contributed by atoms with van der Waals surface area (Å²) in [6, 6.07) is 6.98. The highest BCUT2D eigenvalue weighted by Gasteiger charge is 2.37. The molecule has 0 aromatic heterocycles. The molecule has 0 atom stereocenters. The molecular formula is C21H29N3O4. The van der Waals surface area contributed by atoms with Gasteiger partial charge in [0, 0.05) is 36.3 Å². The van der Waals surface area contributed by atoms with Crippen molar-refractivity contribution in [3.63, 3.8) is 0 Å². The molecule has 0 unspecified atom stereocenters. The highest BCUT2D eigenvalue weighted by Crippen LogP contribution is 2.33. The molecule has 7 heteroatoms. The number of carboxylic acid groups (broad SMARTS) is 1. The molecule has 0 aliphatic heterocycles. The largest absolute Gasteiger partial charge is 0.480 e. The van der Waals surface area contributed by atoms with E-state index in [0.29, 0.717) is 23.6 Å². The summed E-state index contributed by atoms with van der Waals surface area (Å²) >= 11 is 0. The number of nitrogens with one attached hydrogen (secondary N) is 2. The Morgan fingerprint density at radius 1 is 1.14 bits per heavy atom. The van der Waals surface area contributed by atoms with Crippen LogP contribution in [-0.4, -0.2) is 59.5 Å². The van der Waals surface area contributed by atoms with Crippen molar-refractivity contribution in [3.05, 3.63) is 35.4 Å². The molecule has 2 amide bonds. The lowest BCUT2D eigenvalue weighted by atomic mass is 9.85. The van der Waals surface area contributed by atoms with Crippen LogP contribution in [0, 0.1) is 5.92 Å². The van der Waals surface area contributed by atoms with E-state index >= 15 is 0 Å². The molecule has 2 aliphatic rings. The average molecular weight is 387 g/mol. The van der Waals surface area contributed by atoms with Crippen LogP contribution in [0.25, 0.3) is 0 Å². The van der Waals surface area contributed by atoms with Crippen LogP contribution in [-0.2, 0) is 4.79 Å². The van der Waals surface area contributed by atoms with Crippen LogP contribution in [0.1, 0.15) is 59.7 Å². The number of carbonyl (C=O) groups is 3. The van der Waals surface area contributed by atoms with Gasteiger partial charge in [0.2, 0.25) is 0 Å². The summed E-state index contributed by atoms with van der Waals surface area (Å²) in [7, 11) is 0. The summed E-state index contributed by atoms with van der Waals surface area (Å²) in [4.78, 5) is 37.8. The van der Waals surface area contributed by atoms with Crippen molar-refractivity contribution >= 4 is 17.8 Å². The van der Waals surface area contributed by atoms with Gasteiger partial charge >= 0.3 is 5.97 Å². The van der Waals surface area contributed by atoms with E-state index in [1.165, 1.54) is 12.8 Å².